The first-order chi connectivity index (χ1) is 10.2. The second-order valence-electron chi connectivity index (χ2n) is 5.27. The van der Waals surface area contributed by atoms with Crippen molar-refractivity contribution in [3.05, 3.63) is 35.6 Å². The van der Waals surface area contributed by atoms with Gasteiger partial charge in [0.2, 0.25) is 5.91 Å². The lowest BCUT2D eigenvalue weighted by Crippen LogP contribution is -2.53. The summed E-state index contributed by atoms with van der Waals surface area (Å²) < 4.78 is 12.8. The molecule has 22 heavy (non-hydrogen) atoms. The van der Waals surface area contributed by atoms with Crippen molar-refractivity contribution in [3.63, 3.8) is 0 Å². The van der Waals surface area contributed by atoms with Gasteiger partial charge in [-0.3, -0.25) is 14.4 Å². The highest BCUT2D eigenvalue weighted by Gasteiger charge is 2.27. The van der Waals surface area contributed by atoms with Gasteiger partial charge < -0.3 is 15.7 Å². The molecule has 0 aromatic heterocycles. The first-order valence-corrected chi connectivity index (χ1v) is 6.82. The molecule has 7 heteroatoms. The van der Waals surface area contributed by atoms with Crippen molar-refractivity contribution >= 4 is 17.8 Å². The molecule has 0 spiro atoms. The monoisotopic (exact) mass is 310 g/mol. The molecule has 1 aromatic carbocycles. The van der Waals surface area contributed by atoms with Crippen LogP contribution in [0.4, 0.5) is 4.39 Å². The smallest absolute Gasteiger partial charge is 0.325 e. The lowest BCUT2D eigenvalue weighted by molar-refractivity contribution is -0.141. The zero-order chi connectivity index (χ0) is 16.9. The minimum absolute atomic E-state index is 0.214. The Morgan fingerprint density at radius 3 is 2.05 bits per heavy atom. The Bertz CT molecular complexity index is 557. The van der Waals surface area contributed by atoms with Gasteiger partial charge in [0, 0.05) is 5.56 Å². The maximum Gasteiger partial charge on any atom is 0.325 e. The zero-order valence-electron chi connectivity index (χ0n) is 12.6. The third-order valence-electron chi connectivity index (χ3n) is 3.07. The van der Waals surface area contributed by atoms with E-state index in [9.17, 15) is 18.8 Å². The number of amides is 2. The SMILES string of the molecule is CC(C)C(NC(=O)c1ccc(F)cc1)C(=O)N[C@@H](C)C(=O)O. The van der Waals surface area contributed by atoms with Gasteiger partial charge in [0.05, 0.1) is 0 Å². The van der Waals surface area contributed by atoms with Crippen LogP contribution < -0.4 is 10.6 Å². The molecule has 0 radical (unpaired) electrons. The molecule has 1 rings (SSSR count). The number of carboxylic acids is 1. The molecular weight excluding hydrogens is 291 g/mol. The molecule has 0 fully saturated rings. The van der Waals surface area contributed by atoms with E-state index in [1.165, 1.54) is 19.1 Å². The number of carboxylic acid groups (broad SMARTS) is 1. The van der Waals surface area contributed by atoms with E-state index < -0.39 is 35.7 Å². The number of rotatable bonds is 6. The Kier molecular flexibility index (Phi) is 6.03. The van der Waals surface area contributed by atoms with Crippen LogP contribution in [0.5, 0.6) is 0 Å². The number of hydrogen-bond donors (Lipinski definition) is 3. The summed E-state index contributed by atoms with van der Waals surface area (Å²) in [4.78, 5) is 34.9. The van der Waals surface area contributed by atoms with Gasteiger partial charge >= 0.3 is 5.97 Å². The summed E-state index contributed by atoms with van der Waals surface area (Å²) in [5.41, 5.74) is 0.214. The first kappa shape index (κ1) is 17.6. The Balaban J connectivity index is 2.79. The van der Waals surface area contributed by atoms with E-state index in [0.29, 0.717) is 0 Å². The van der Waals surface area contributed by atoms with Crippen molar-refractivity contribution in [2.45, 2.75) is 32.9 Å². The quantitative estimate of drug-likeness (QED) is 0.735. The van der Waals surface area contributed by atoms with E-state index in [2.05, 4.69) is 10.6 Å². The maximum absolute atomic E-state index is 12.8. The molecule has 1 unspecified atom stereocenters. The number of aliphatic carboxylic acids is 1. The molecule has 0 aliphatic rings. The molecule has 2 atom stereocenters. The normalized spacial score (nSPS) is 13.3. The van der Waals surface area contributed by atoms with Crippen molar-refractivity contribution in [1.29, 1.82) is 0 Å². The lowest BCUT2D eigenvalue weighted by Gasteiger charge is -2.23. The summed E-state index contributed by atoms with van der Waals surface area (Å²) in [5.74, 6) is -2.99. The maximum atomic E-state index is 12.8. The summed E-state index contributed by atoms with van der Waals surface area (Å²) in [6.07, 6.45) is 0. The Morgan fingerprint density at radius 1 is 1.05 bits per heavy atom. The van der Waals surface area contributed by atoms with Crippen LogP contribution in [0.25, 0.3) is 0 Å². The topological polar surface area (TPSA) is 95.5 Å². The van der Waals surface area contributed by atoms with Gasteiger partial charge in [-0.1, -0.05) is 13.8 Å². The first-order valence-electron chi connectivity index (χ1n) is 6.82. The number of hydrogen-bond acceptors (Lipinski definition) is 3. The molecule has 3 N–H and O–H groups in total. The number of nitrogens with one attached hydrogen (secondary N) is 2. The number of benzene rings is 1. The second-order valence-corrected chi connectivity index (χ2v) is 5.27. The summed E-state index contributed by atoms with van der Waals surface area (Å²) in [6, 6.07) is 2.95. The third kappa shape index (κ3) is 4.83. The lowest BCUT2D eigenvalue weighted by atomic mass is 10.0. The summed E-state index contributed by atoms with van der Waals surface area (Å²) in [6.45, 7) is 4.78. The number of carbonyl (C=O) groups excluding carboxylic acids is 2. The molecule has 0 bridgehead atoms. The van der Waals surface area contributed by atoms with E-state index in [4.69, 9.17) is 5.11 Å². The van der Waals surface area contributed by atoms with Gasteiger partial charge in [-0.15, -0.1) is 0 Å². The van der Waals surface area contributed by atoms with E-state index in [-0.39, 0.29) is 11.5 Å². The van der Waals surface area contributed by atoms with Crippen LogP contribution in [-0.2, 0) is 9.59 Å². The molecule has 0 saturated heterocycles. The van der Waals surface area contributed by atoms with Crippen molar-refractivity contribution in [2.75, 3.05) is 0 Å². The third-order valence-corrected chi connectivity index (χ3v) is 3.07. The minimum Gasteiger partial charge on any atom is -0.480 e. The van der Waals surface area contributed by atoms with Crippen LogP contribution in [0.2, 0.25) is 0 Å². The predicted molar refractivity (Wildman–Crippen MR) is 77.7 cm³/mol. The van der Waals surface area contributed by atoms with Crippen molar-refractivity contribution < 1.29 is 23.9 Å². The molecule has 1 aromatic rings. The number of halogens is 1. The Morgan fingerprint density at radius 2 is 1.59 bits per heavy atom. The average Bonchev–Trinajstić information content (AvgIpc) is 2.44. The molecule has 6 nitrogen and oxygen atoms in total. The number of carbonyl (C=O) groups is 3. The molecular formula is C15H19FN2O4. The fraction of sp³-hybridized carbons (Fsp3) is 0.400. The van der Waals surface area contributed by atoms with Crippen LogP contribution in [-0.4, -0.2) is 35.0 Å². The second kappa shape index (κ2) is 7.53. The van der Waals surface area contributed by atoms with Crippen LogP contribution in [0.15, 0.2) is 24.3 Å². The van der Waals surface area contributed by atoms with Gasteiger partial charge in [-0.05, 0) is 37.1 Å². The molecule has 0 saturated carbocycles. The van der Waals surface area contributed by atoms with Crippen LogP contribution >= 0.6 is 0 Å². The predicted octanol–water partition coefficient (Wildman–Crippen LogP) is 1.17. The van der Waals surface area contributed by atoms with Gasteiger partial charge in [-0.2, -0.15) is 0 Å². The van der Waals surface area contributed by atoms with Gasteiger partial charge in [-0.25, -0.2) is 4.39 Å². The summed E-state index contributed by atoms with van der Waals surface area (Å²) in [7, 11) is 0. The fourth-order valence-corrected chi connectivity index (χ4v) is 1.73. The van der Waals surface area contributed by atoms with Crippen molar-refractivity contribution in [2.24, 2.45) is 5.92 Å². The zero-order valence-corrected chi connectivity index (χ0v) is 12.6. The van der Waals surface area contributed by atoms with Crippen molar-refractivity contribution in [3.8, 4) is 0 Å². The molecule has 2 amide bonds. The standard InChI is InChI=1S/C15H19FN2O4/c1-8(2)12(14(20)17-9(3)15(21)22)18-13(19)10-4-6-11(16)7-5-10/h4-9,12H,1-3H3,(H,17,20)(H,18,19)(H,21,22)/t9-,12?/m0/s1. The molecule has 0 aliphatic carbocycles. The molecule has 120 valence electrons. The van der Waals surface area contributed by atoms with Crippen LogP contribution in [0, 0.1) is 11.7 Å². The van der Waals surface area contributed by atoms with Crippen LogP contribution in [0.1, 0.15) is 31.1 Å². The largest absolute Gasteiger partial charge is 0.480 e. The van der Waals surface area contributed by atoms with Crippen LogP contribution in [0.3, 0.4) is 0 Å². The van der Waals surface area contributed by atoms with Gasteiger partial charge in [0.15, 0.2) is 0 Å². The van der Waals surface area contributed by atoms with Gasteiger partial charge in [0.1, 0.15) is 17.9 Å². The minimum atomic E-state index is -1.17. The Labute approximate surface area is 127 Å². The van der Waals surface area contributed by atoms with Gasteiger partial charge in [0.25, 0.3) is 5.91 Å². The molecule has 0 aliphatic heterocycles. The Hall–Kier alpha value is -2.44. The van der Waals surface area contributed by atoms with E-state index in [1.54, 1.807) is 13.8 Å². The summed E-state index contributed by atoms with van der Waals surface area (Å²) in [5, 5.41) is 13.6. The highest BCUT2D eigenvalue weighted by molar-refractivity contribution is 5.98. The van der Waals surface area contributed by atoms with E-state index >= 15 is 0 Å². The summed E-state index contributed by atoms with van der Waals surface area (Å²) >= 11 is 0. The highest BCUT2D eigenvalue weighted by atomic mass is 19.1. The van der Waals surface area contributed by atoms with E-state index in [0.717, 1.165) is 12.1 Å². The van der Waals surface area contributed by atoms with Crippen molar-refractivity contribution in [1.82, 2.24) is 10.6 Å². The average molecular weight is 310 g/mol. The van der Waals surface area contributed by atoms with E-state index in [1.807, 2.05) is 0 Å². The molecule has 0 heterocycles. The fourth-order valence-electron chi connectivity index (χ4n) is 1.73. The highest BCUT2D eigenvalue weighted by Crippen LogP contribution is 2.07.